The highest BCUT2D eigenvalue weighted by molar-refractivity contribution is 5.51. The number of benzene rings is 1. The topological polar surface area (TPSA) is 113 Å². The Labute approximate surface area is 108 Å². The lowest BCUT2D eigenvalue weighted by Gasteiger charge is -2.07. The van der Waals surface area contributed by atoms with Gasteiger partial charge in [0.25, 0.3) is 0 Å². The summed E-state index contributed by atoms with van der Waals surface area (Å²) in [6.07, 6.45) is 2.57. The molecule has 0 spiro atoms. The number of hydrogen-bond donors (Lipinski definition) is 1. The molecule has 1 aromatic carbocycles. The van der Waals surface area contributed by atoms with Gasteiger partial charge < -0.3 is 15.2 Å². The summed E-state index contributed by atoms with van der Waals surface area (Å²) in [5.74, 6) is 0.783. The van der Waals surface area contributed by atoms with Gasteiger partial charge in [-0.25, -0.2) is 9.97 Å². The zero-order valence-corrected chi connectivity index (χ0v) is 9.94. The third kappa shape index (κ3) is 2.86. The molecule has 98 valence electrons. The molecule has 0 aliphatic heterocycles. The van der Waals surface area contributed by atoms with Crippen molar-refractivity contribution in [3.63, 3.8) is 0 Å². The number of aromatic nitrogens is 2. The van der Waals surface area contributed by atoms with E-state index in [0.29, 0.717) is 5.75 Å². The van der Waals surface area contributed by atoms with E-state index in [1.54, 1.807) is 0 Å². The van der Waals surface area contributed by atoms with Gasteiger partial charge in [0.15, 0.2) is 0 Å². The summed E-state index contributed by atoms with van der Waals surface area (Å²) in [5, 5.41) is 10.9. The molecule has 0 aliphatic carbocycles. The van der Waals surface area contributed by atoms with Gasteiger partial charge in [-0.3, -0.25) is 10.1 Å². The first-order valence-electron chi connectivity index (χ1n) is 5.18. The Morgan fingerprint density at radius 2 is 2.11 bits per heavy atom. The molecule has 0 saturated heterocycles. The molecule has 0 saturated carbocycles. The van der Waals surface area contributed by atoms with Crippen LogP contribution >= 0.6 is 0 Å². The van der Waals surface area contributed by atoms with E-state index in [1.807, 2.05) is 0 Å². The van der Waals surface area contributed by atoms with Gasteiger partial charge in [0.2, 0.25) is 11.6 Å². The summed E-state index contributed by atoms with van der Waals surface area (Å²) < 4.78 is 10.3. The van der Waals surface area contributed by atoms with Crippen LogP contribution < -0.4 is 15.2 Å². The fourth-order valence-corrected chi connectivity index (χ4v) is 1.35. The maximum Gasteiger partial charge on any atom is 0.311 e. The Morgan fingerprint density at radius 3 is 2.68 bits per heavy atom. The second kappa shape index (κ2) is 5.17. The maximum atomic E-state index is 10.9. The van der Waals surface area contributed by atoms with E-state index in [1.165, 1.54) is 37.7 Å². The molecule has 0 atom stereocenters. The Hall–Kier alpha value is -2.90. The van der Waals surface area contributed by atoms with Crippen LogP contribution in [0.2, 0.25) is 0 Å². The smallest absolute Gasteiger partial charge is 0.311 e. The highest BCUT2D eigenvalue weighted by Gasteiger charge is 2.17. The van der Waals surface area contributed by atoms with Gasteiger partial charge in [-0.2, -0.15) is 0 Å². The molecule has 0 aliphatic rings. The van der Waals surface area contributed by atoms with Crippen LogP contribution in [0.5, 0.6) is 17.4 Å². The molecule has 0 fully saturated rings. The minimum atomic E-state index is -0.556. The minimum Gasteiger partial charge on any atom is -0.497 e. The van der Waals surface area contributed by atoms with Crippen LogP contribution in [0.25, 0.3) is 0 Å². The third-order valence-corrected chi connectivity index (χ3v) is 2.23. The van der Waals surface area contributed by atoms with Gasteiger partial charge in [-0.15, -0.1) is 0 Å². The van der Waals surface area contributed by atoms with Gasteiger partial charge in [-0.05, 0) is 6.07 Å². The monoisotopic (exact) mass is 262 g/mol. The lowest BCUT2D eigenvalue weighted by molar-refractivity contribution is -0.385. The molecule has 2 N–H and O–H groups in total. The number of methoxy groups -OCH3 is 1. The number of nitrogen functional groups attached to an aromatic ring is 1. The Kier molecular flexibility index (Phi) is 3.42. The van der Waals surface area contributed by atoms with Crippen LogP contribution in [-0.4, -0.2) is 22.0 Å². The summed E-state index contributed by atoms with van der Waals surface area (Å²) in [6.45, 7) is 0. The van der Waals surface area contributed by atoms with Crippen molar-refractivity contribution in [1.29, 1.82) is 0 Å². The quantitative estimate of drug-likeness (QED) is 0.659. The van der Waals surface area contributed by atoms with Crippen LogP contribution in [0, 0.1) is 10.1 Å². The molecule has 0 unspecified atom stereocenters. The SMILES string of the molecule is COc1ccc([N+](=O)[O-])c(Oc2cnc(N)cn2)c1. The van der Waals surface area contributed by atoms with Crippen molar-refractivity contribution in [2.24, 2.45) is 0 Å². The largest absolute Gasteiger partial charge is 0.497 e. The van der Waals surface area contributed by atoms with Crippen molar-refractivity contribution < 1.29 is 14.4 Å². The van der Waals surface area contributed by atoms with Gasteiger partial charge in [-0.1, -0.05) is 0 Å². The molecule has 1 aromatic heterocycles. The molecule has 1 heterocycles. The van der Waals surface area contributed by atoms with Crippen LogP contribution in [-0.2, 0) is 0 Å². The van der Waals surface area contributed by atoms with Gasteiger partial charge >= 0.3 is 5.69 Å². The van der Waals surface area contributed by atoms with Gasteiger partial charge in [0, 0.05) is 12.1 Å². The van der Waals surface area contributed by atoms with Crippen molar-refractivity contribution in [3.8, 4) is 17.4 Å². The first kappa shape index (κ1) is 12.6. The lowest BCUT2D eigenvalue weighted by atomic mass is 10.3. The normalized spacial score (nSPS) is 9.95. The average Bonchev–Trinajstić information content (AvgIpc) is 2.41. The first-order chi connectivity index (χ1) is 9.10. The standard InChI is InChI=1S/C11H10N4O4/c1-18-7-2-3-8(15(16)17)9(4-7)19-11-6-13-10(12)5-14-11/h2-6H,1H3,(H2,12,13). The zero-order chi connectivity index (χ0) is 13.8. The van der Waals surface area contributed by atoms with Crippen molar-refractivity contribution in [2.75, 3.05) is 12.8 Å². The second-order valence-corrected chi connectivity index (χ2v) is 3.47. The predicted molar refractivity (Wildman–Crippen MR) is 66.2 cm³/mol. The molecule has 0 bridgehead atoms. The maximum absolute atomic E-state index is 10.9. The van der Waals surface area contributed by atoms with Gasteiger partial charge in [0.1, 0.15) is 11.6 Å². The molecule has 2 aromatic rings. The van der Waals surface area contributed by atoms with Crippen LogP contribution in [0.3, 0.4) is 0 Å². The van der Waals surface area contributed by atoms with E-state index in [9.17, 15) is 10.1 Å². The number of nitro groups is 1. The number of rotatable bonds is 4. The van der Waals surface area contributed by atoms with Crippen molar-refractivity contribution in [3.05, 3.63) is 40.7 Å². The van der Waals surface area contributed by atoms with E-state index in [0.717, 1.165) is 0 Å². The molecule has 0 amide bonds. The molecule has 19 heavy (non-hydrogen) atoms. The molecular formula is C11H10N4O4. The molecular weight excluding hydrogens is 252 g/mol. The summed E-state index contributed by atoms with van der Waals surface area (Å²) in [6, 6.07) is 4.16. The van der Waals surface area contributed by atoms with Crippen LogP contribution in [0.15, 0.2) is 30.6 Å². The fraction of sp³-hybridized carbons (Fsp3) is 0.0909. The predicted octanol–water partition coefficient (Wildman–Crippen LogP) is 1.77. The lowest BCUT2D eigenvalue weighted by Crippen LogP contribution is -1.97. The second-order valence-electron chi connectivity index (χ2n) is 3.47. The molecule has 0 radical (unpaired) electrons. The number of hydrogen-bond acceptors (Lipinski definition) is 7. The number of anilines is 1. The fourth-order valence-electron chi connectivity index (χ4n) is 1.35. The van der Waals surface area contributed by atoms with E-state index in [2.05, 4.69) is 9.97 Å². The number of ether oxygens (including phenoxy) is 2. The van der Waals surface area contributed by atoms with Crippen LogP contribution in [0.4, 0.5) is 11.5 Å². The van der Waals surface area contributed by atoms with E-state index >= 15 is 0 Å². The molecule has 8 nitrogen and oxygen atoms in total. The summed E-state index contributed by atoms with van der Waals surface area (Å²) in [7, 11) is 1.45. The van der Waals surface area contributed by atoms with E-state index < -0.39 is 4.92 Å². The summed E-state index contributed by atoms with van der Waals surface area (Å²) in [5.41, 5.74) is 5.19. The third-order valence-electron chi connectivity index (χ3n) is 2.23. The van der Waals surface area contributed by atoms with Gasteiger partial charge in [0.05, 0.1) is 24.4 Å². The molecule has 8 heteroatoms. The Bertz CT molecular complexity index is 600. The van der Waals surface area contributed by atoms with Crippen molar-refractivity contribution in [1.82, 2.24) is 9.97 Å². The number of nitrogens with two attached hydrogens (primary N) is 1. The van der Waals surface area contributed by atoms with Crippen molar-refractivity contribution in [2.45, 2.75) is 0 Å². The highest BCUT2D eigenvalue weighted by Crippen LogP contribution is 2.33. The Morgan fingerprint density at radius 1 is 1.32 bits per heavy atom. The molecule has 2 rings (SSSR count). The van der Waals surface area contributed by atoms with Crippen LogP contribution in [0.1, 0.15) is 0 Å². The highest BCUT2D eigenvalue weighted by atomic mass is 16.6. The summed E-state index contributed by atoms with van der Waals surface area (Å²) >= 11 is 0. The van der Waals surface area contributed by atoms with E-state index in [4.69, 9.17) is 15.2 Å². The zero-order valence-electron chi connectivity index (χ0n) is 9.94. The van der Waals surface area contributed by atoms with Crippen molar-refractivity contribution >= 4 is 11.5 Å². The number of nitrogens with zero attached hydrogens (tertiary/aromatic N) is 3. The van der Waals surface area contributed by atoms with E-state index in [-0.39, 0.29) is 23.1 Å². The summed E-state index contributed by atoms with van der Waals surface area (Å²) in [4.78, 5) is 18.0. The minimum absolute atomic E-state index is 0.0171. The average molecular weight is 262 g/mol. The number of nitro benzene ring substituents is 1. The first-order valence-corrected chi connectivity index (χ1v) is 5.18. The Balaban J connectivity index is 2.36.